The molecule has 122 valence electrons. The van der Waals surface area contributed by atoms with E-state index < -0.39 is 15.4 Å². The zero-order valence-corrected chi connectivity index (χ0v) is 14.1. The number of rotatable bonds is 7. The molecule has 6 heteroatoms. The van der Waals surface area contributed by atoms with Crippen molar-refractivity contribution in [3.8, 4) is 5.75 Å². The highest BCUT2D eigenvalue weighted by atomic mass is 32.2. The first kappa shape index (κ1) is 16.8. The van der Waals surface area contributed by atoms with Crippen LogP contribution in [0.1, 0.15) is 39.2 Å². The van der Waals surface area contributed by atoms with Crippen molar-refractivity contribution in [1.29, 1.82) is 0 Å². The van der Waals surface area contributed by atoms with E-state index in [1.54, 1.807) is 45.0 Å². The van der Waals surface area contributed by atoms with E-state index in [1.807, 2.05) is 4.90 Å². The van der Waals surface area contributed by atoms with E-state index in [0.717, 1.165) is 12.1 Å². The lowest BCUT2D eigenvalue weighted by atomic mass is 10.2. The largest absolute Gasteiger partial charge is 0.382 e. The van der Waals surface area contributed by atoms with Crippen LogP contribution in [0.4, 0.5) is 0 Å². The van der Waals surface area contributed by atoms with E-state index >= 15 is 0 Å². The topological polar surface area (TPSA) is 63.7 Å². The van der Waals surface area contributed by atoms with Crippen molar-refractivity contribution in [2.75, 3.05) is 6.54 Å². The van der Waals surface area contributed by atoms with Crippen molar-refractivity contribution in [1.82, 2.24) is 4.90 Å². The van der Waals surface area contributed by atoms with E-state index in [-0.39, 0.29) is 5.91 Å². The molecule has 0 spiro atoms. The minimum absolute atomic E-state index is 0.0645. The molecule has 0 saturated heterocycles. The molecule has 5 nitrogen and oxygen atoms in total. The molecule has 1 amide bonds. The van der Waals surface area contributed by atoms with Crippen LogP contribution in [0.15, 0.2) is 24.3 Å². The molecular weight excluding hydrogens is 302 g/mol. The second kappa shape index (κ2) is 6.69. The van der Waals surface area contributed by atoms with Crippen LogP contribution in [0.5, 0.6) is 5.75 Å². The van der Waals surface area contributed by atoms with Crippen LogP contribution >= 0.6 is 0 Å². The van der Waals surface area contributed by atoms with Gasteiger partial charge in [0, 0.05) is 20.0 Å². The Hall–Kier alpha value is -1.56. The highest BCUT2D eigenvalue weighted by molar-refractivity contribution is 7.87. The molecular formula is C16H23NO4S. The van der Waals surface area contributed by atoms with Gasteiger partial charge in [-0.05, 0) is 50.3 Å². The Bertz CT molecular complexity index is 618. The summed E-state index contributed by atoms with van der Waals surface area (Å²) in [7, 11) is -3.57. The molecule has 0 atom stereocenters. The Morgan fingerprint density at radius 2 is 1.86 bits per heavy atom. The Morgan fingerprint density at radius 3 is 2.32 bits per heavy atom. The van der Waals surface area contributed by atoms with Gasteiger partial charge in [0.2, 0.25) is 5.91 Å². The predicted octanol–water partition coefficient (Wildman–Crippen LogP) is 2.56. The molecule has 1 aromatic carbocycles. The molecule has 22 heavy (non-hydrogen) atoms. The van der Waals surface area contributed by atoms with E-state index in [9.17, 15) is 13.2 Å². The Labute approximate surface area is 132 Å². The van der Waals surface area contributed by atoms with E-state index in [4.69, 9.17) is 4.18 Å². The molecule has 0 N–H and O–H groups in total. The fraction of sp³-hybridized carbons (Fsp3) is 0.562. The third-order valence-corrected chi connectivity index (χ3v) is 5.29. The van der Waals surface area contributed by atoms with Crippen molar-refractivity contribution in [2.45, 2.75) is 45.4 Å². The summed E-state index contributed by atoms with van der Waals surface area (Å²) in [5.41, 5.74) is 0.963. The maximum absolute atomic E-state index is 11.7. The van der Waals surface area contributed by atoms with E-state index in [0.29, 0.717) is 18.2 Å². The molecule has 0 aromatic heterocycles. The van der Waals surface area contributed by atoms with Gasteiger partial charge in [0.15, 0.2) is 0 Å². The van der Waals surface area contributed by atoms with Crippen LogP contribution in [0.25, 0.3) is 0 Å². The number of amides is 1. The van der Waals surface area contributed by atoms with Crippen LogP contribution in [-0.2, 0) is 21.5 Å². The summed E-state index contributed by atoms with van der Waals surface area (Å²) in [5.74, 6) is 1.01. The lowest BCUT2D eigenvalue weighted by Gasteiger charge is -2.21. The fourth-order valence-electron chi connectivity index (χ4n) is 2.02. The van der Waals surface area contributed by atoms with Gasteiger partial charge in [-0.2, -0.15) is 8.42 Å². The molecule has 0 unspecified atom stereocenters. The predicted molar refractivity (Wildman–Crippen MR) is 84.9 cm³/mol. The fourth-order valence-corrected chi connectivity index (χ4v) is 2.59. The molecule has 1 fully saturated rings. The standard InChI is InChI=1S/C16H23NO4S/c1-12(2)22(19,20)21-16-8-6-15(7-9-16)11-17(13(3)18)10-14-4-5-14/h6-9,12,14H,4-5,10-11H2,1-3H3. The number of nitrogens with zero attached hydrogens (tertiary/aromatic N) is 1. The van der Waals surface area contributed by atoms with Crippen molar-refractivity contribution >= 4 is 16.0 Å². The molecule has 1 aliphatic carbocycles. The van der Waals surface area contributed by atoms with Gasteiger partial charge in [0.1, 0.15) is 5.75 Å². The first-order valence-corrected chi connectivity index (χ1v) is 9.03. The average molecular weight is 325 g/mol. The van der Waals surface area contributed by atoms with Crippen LogP contribution in [0.3, 0.4) is 0 Å². The number of hydrogen-bond donors (Lipinski definition) is 0. The molecule has 1 saturated carbocycles. The van der Waals surface area contributed by atoms with Crippen LogP contribution in [0, 0.1) is 5.92 Å². The average Bonchev–Trinajstić information content (AvgIpc) is 3.23. The summed E-state index contributed by atoms with van der Waals surface area (Å²) >= 11 is 0. The van der Waals surface area contributed by atoms with E-state index in [2.05, 4.69) is 0 Å². The lowest BCUT2D eigenvalue weighted by molar-refractivity contribution is -0.129. The van der Waals surface area contributed by atoms with Gasteiger partial charge in [-0.25, -0.2) is 0 Å². The highest BCUT2D eigenvalue weighted by Crippen LogP contribution is 2.30. The lowest BCUT2D eigenvalue weighted by Crippen LogP contribution is -2.30. The van der Waals surface area contributed by atoms with Gasteiger partial charge in [-0.1, -0.05) is 12.1 Å². The van der Waals surface area contributed by atoms with Gasteiger partial charge in [-0.15, -0.1) is 0 Å². The monoisotopic (exact) mass is 325 g/mol. The summed E-state index contributed by atoms with van der Waals surface area (Å²) in [6.07, 6.45) is 2.40. The summed E-state index contributed by atoms with van der Waals surface area (Å²) in [4.78, 5) is 13.5. The van der Waals surface area contributed by atoms with E-state index in [1.165, 1.54) is 12.8 Å². The SMILES string of the molecule is CC(=O)N(Cc1ccc(OS(=O)(=O)C(C)C)cc1)CC1CC1. The minimum Gasteiger partial charge on any atom is -0.382 e. The Kier molecular flexibility index (Phi) is 5.11. The van der Waals surface area contributed by atoms with Crippen LogP contribution in [-0.4, -0.2) is 31.0 Å². The Morgan fingerprint density at radius 1 is 1.27 bits per heavy atom. The molecule has 0 heterocycles. The third kappa shape index (κ3) is 4.73. The smallest absolute Gasteiger partial charge is 0.311 e. The number of carbonyl (C=O) groups is 1. The zero-order chi connectivity index (χ0) is 16.3. The second-order valence-corrected chi connectivity index (χ2v) is 8.21. The first-order valence-electron chi connectivity index (χ1n) is 7.55. The van der Waals surface area contributed by atoms with Crippen molar-refractivity contribution in [3.63, 3.8) is 0 Å². The quantitative estimate of drug-likeness (QED) is 0.723. The first-order chi connectivity index (χ1) is 10.3. The second-order valence-electron chi connectivity index (χ2n) is 6.11. The summed E-state index contributed by atoms with van der Waals surface area (Å²) in [6.45, 7) is 6.08. The summed E-state index contributed by atoms with van der Waals surface area (Å²) in [6, 6.07) is 6.86. The molecule has 1 aromatic rings. The van der Waals surface area contributed by atoms with Gasteiger partial charge in [0.25, 0.3) is 0 Å². The molecule has 1 aliphatic rings. The van der Waals surface area contributed by atoms with Gasteiger partial charge in [-0.3, -0.25) is 4.79 Å². The molecule has 0 aliphatic heterocycles. The van der Waals surface area contributed by atoms with Gasteiger partial charge in [0.05, 0.1) is 5.25 Å². The van der Waals surface area contributed by atoms with Crippen LogP contribution in [0.2, 0.25) is 0 Å². The normalized spacial score (nSPS) is 14.9. The minimum atomic E-state index is -3.57. The molecule has 0 bridgehead atoms. The number of hydrogen-bond acceptors (Lipinski definition) is 4. The molecule has 2 rings (SSSR count). The molecule has 0 radical (unpaired) electrons. The summed E-state index contributed by atoms with van der Waals surface area (Å²) < 4.78 is 28.4. The van der Waals surface area contributed by atoms with Crippen molar-refractivity contribution in [2.24, 2.45) is 5.92 Å². The highest BCUT2D eigenvalue weighted by Gasteiger charge is 2.25. The van der Waals surface area contributed by atoms with Crippen molar-refractivity contribution < 1.29 is 17.4 Å². The maximum atomic E-state index is 11.7. The van der Waals surface area contributed by atoms with Crippen LogP contribution < -0.4 is 4.18 Å². The number of benzene rings is 1. The third-order valence-electron chi connectivity index (χ3n) is 3.71. The summed E-state index contributed by atoms with van der Waals surface area (Å²) in [5, 5.41) is -0.584. The van der Waals surface area contributed by atoms with Crippen molar-refractivity contribution in [3.05, 3.63) is 29.8 Å². The number of carbonyl (C=O) groups excluding carboxylic acids is 1. The van der Waals surface area contributed by atoms with Gasteiger partial charge >= 0.3 is 10.1 Å². The maximum Gasteiger partial charge on any atom is 0.311 e. The Balaban J connectivity index is 2.00. The zero-order valence-electron chi connectivity index (χ0n) is 13.3. The van der Waals surface area contributed by atoms with Gasteiger partial charge < -0.3 is 9.08 Å².